The van der Waals surface area contributed by atoms with Crippen LogP contribution in [0.2, 0.25) is 0 Å². The highest BCUT2D eigenvalue weighted by molar-refractivity contribution is 6.01. The smallest absolute Gasteiger partial charge is 0.351 e. The van der Waals surface area contributed by atoms with Crippen LogP contribution in [0.3, 0.4) is 0 Å². The maximum Gasteiger partial charge on any atom is 0.351 e. The summed E-state index contributed by atoms with van der Waals surface area (Å²) < 4.78 is 0. The molecule has 0 aliphatic carbocycles. The monoisotopic (exact) mass is 288 g/mol. The average Bonchev–Trinajstić information content (AvgIpc) is 2.86. The zero-order valence-corrected chi connectivity index (χ0v) is 11.6. The fourth-order valence-electron chi connectivity index (χ4n) is 2.32. The molecule has 0 saturated carbocycles. The summed E-state index contributed by atoms with van der Waals surface area (Å²) in [6, 6.07) is 6.44. The molecular weight excluding hydrogens is 272 g/mol. The molecule has 0 aromatic heterocycles. The van der Waals surface area contributed by atoms with E-state index >= 15 is 0 Å². The van der Waals surface area contributed by atoms with Gasteiger partial charge in [-0.05, 0) is 12.5 Å². The Morgan fingerprint density at radius 3 is 2.76 bits per heavy atom. The number of amides is 1. The van der Waals surface area contributed by atoms with E-state index in [1.54, 1.807) is 42.3 Å². The number of nitrogens with zero attached hydrogens (tertiary/aromatic N) is 1. The van der Waals surface area contributed by atoms with E-state index in [2.05, 4.69) is 5.32 Å². The van der Waals surface area contributed by atoms with Gasteiger partial charge < -0.3 is 15.3 Å². The molecule has 1 aliphatic heterocycles. The van der Waals surface area contributed by atoms with E-state index in [1.165, 1.54) is 0 Å². The van der Waals surface area contributed by atoms with Crippen LogP contribution in [0.4, 0.5) is 0 Å². The van der Waals surface area contributed by atoms with Crippen LogP contribution >= 0.6 is 0 Å². The Morgan fingerprint density at radius 2 is 2.14 bits per heavy atom. The second-order valence-electron chi connectivity index (χ2n) is 4.81. The largest absolute Gasteiger partial charge is 0.477 e. The first-order valence-electron chi connectivity index (χ1n) is 6.53. The number of aldehydes is 1. The van der Waals surface area contributed by atoms with Crippen molar-refractivity contribution < 1.29 is 19.5 Å². The van der Waals surface area contributed by atoms with Gasteiger partial charge in [0.2, 0.25) is 0 Å². The van der Waals surface area contributed by atoms with Gasteiger partial charge in [0.25, 0.3) is 5.91 Å². The number of benzene rings is 1. The third kappa shape index (κ3) is 3.10. The van der Waals surface area contributed by atoms with Gasteiger partial charge in [0.15, 0.2) is 6.29 Å². The molecule has 0 bridgehead atoms. The fourth-order valence-corrected chi connectivity index (χ4v) is 2.32. The molecule has 0 fully saturated rings. The number of hydrogen-bond acceptors (Lipinski definition) is 4. The topological polar surface area (TPSA) is 86.7 Å². The lowest BCUT2D eigenvalue weighted by Gasteiger charge is -2.23. The van der Waals surface area contributed by atoms with Crippen LogP contribution < -0.4 is 5.32 Å². The Morgan fingerprint density at radius 1 is 1.43 bits per heavy atom. The standard InChI is InChI=1S/C15H16N2O4/c1-17-11(6-7-13(17)15(20)21)8-16-14(19)12-5-3-2-4-10(12)9-18/h2-5,7,9,11H,6,8H2,1H3,(H,16,19)(H,20,21). The average molecular weight is 288 g/mol. The number of hydrogen-bond donors (Lipinski definition) is 2. The molecule has 2 rings (SSSR count). The Hall–Kier alpha value is -2.63. The van der Waals surface area contributed by atoms with E-state index in [0.717, 1.165) is 0 Å². The third-order valence-electron chi connectivity index (χ3n) is 3.56. The van der Waals surface area contributed by atoms with Gasteiger partial charge in [0, 0.05) is 30.8 Å². The van der Waals surface area contributed by atoms with E-state index in [9.17, 15) is 14.4 Å². The highest BCUT2D eigenvalue weighted by Crippen LogP contribution is 2.19. The molecule has 0 spiro atoms. The molecule has 0 radical (unpaired) electrons. The normalized spacial score (nSPS) is 17.3. The summed E-state index contributed by atoms with van der Waals surface area (Å²) >= 11 is 0. The van der Waals surface area contributed by atoms with E-state index in [1.807, 2.05) is 0 Å². The van der Waals surface area contributed by atoms with Crippen LogP contribution in [0.5, 0.6) is 0 Å². The Balaban J connectivity index is 1.97. The summed E-state index contributed by atoms with van der Waals surface area (Å²) in [6.45, 7) is 0.315. The molecule has 6 nitrogen and oxygen atoms in total. The molecule has 6 heteroatoms. The number of likely N-dealkylation sites (N-methyl/N-ethyl adjacent to an activating group) is 1. The maximum absolute atomic E-state index is 12.1. The van der Waals surface area contributed by atoms with E-state index in [-0.39, 0.29) is 17.6 Å². The van der Waals surface area contributed by atoms with Crippen molar-refractivity contribution in [1.82, 2.24) is 10.2 Å². The van der Waals surface area contributed by atoms with Crippen LogP contribution in [0, 0.1) is 0 Å². The third-order valence-corrected chi connectivity index (χ3v) is 3.56. The first-order chi connectivity index (χ1) is 10.0. The highest BCUT2D eigenvalue weighted by atomic mass is 16.4. The number of aliphatic carboxylic acids is 1. The summed E-state index contributed by atoms with van der Waals surface area (Å²) in [5, 5.41) is 11.7. The van der Waals surface area contributed by atoms with Gasteiger partial charge in [-0.25, -0.2) is 4.79 Å². The second-order valence-corrected chi connectivity index (χ2v) is 4.81. The summed E-state index contributed by atoms with van der Waals surface area (Å²) in [4.78, 5) is 35.6. The first kappa shape index (κ1) is 14.8. The summed E-state index contributed by atoms with van der Waals surface area (Å²) in [5.74, 6) is -1.31. The van der Waals surface area contributed by atoms with Crippen molar-refractivity contribution in [2.45, 2.75) is 12.5 Å². The minimum atomic E-state index is -0.974. The lowest BCUT2D eigenvalue weighted by molar-refractivity contribution is -0.134. The molecule has 1 aromatic carbocycles. The second kappa shape index (κ2) is 6.21. The van der Waals surface area contributed by atoms with Crippen LogP contribution in [0.25, 0.3) is 0 Å². The molecule has 1 aromatic rings. The molecule has 110 valence electrons. The Kier molecular flexibility index (Phi) is 4.37. The summed E-state index contributed by atoms with van der Waals surface area (Å²) in [6.07, 6.45) is 2.84. The van der Waals surface area contributed by atoms with Crippen molar-refractivity contribution in [1.29, 1.82) is 0 Å². The van der Waals surface area contributed by atoms with Gasteiger partial charge in [0.1, 0.15) is 5.70 Å². The number of carbonyl (C=O) groups is 3. The van der Waals surface area contributed by atoms with Crippen LogP contribution in [0.15, 0.2) is 36.0 Å². The molecule has 21 heavy (non-hydrogen) atoms. The van der Waals surface area contributed by atoms with Crippen LogP contribution in [-0.4, -0.2) is 47.8 Å². The summed E-state index contributed by atoms with van der Waals surface area (Å²) in [5.41, 5.74) is 0.890. The molecule has 1 unspecified atom stereocenters. The number of carboxylic acid groups (broad SMARTS) is 1. The molecule has 1 aliphatic rings. The number of carbonyl (C=O) groups excluding carboxylic acids is 2. The molecular formula is C15H16N2O4. The fraction of sp³-hybridized carbons (Fsp3) is 0.267. The lowest BCUT2D eigenvalue weighted by Crippen LogP contribution is -2.39. The number of nitrogens with one attached hydrogen (secondary N) is 1. The predicted molar refractivity (Wildman–Crippen MR) is 76.0 cm³/mol. The van der Waals surface area contributed by atoms with E-state index in [0.29, 0.717) is 30.4 Å². The van der Waals surface area contributed by atoms with Gasteiger partial charge in [-0.15, -0.1) is 0 Å². The van der Waals surface area contributed by atoms with Crippen molar-refractivity contribution in [3.63, 3.8) is 0 Å². The summed E-state index contributed by atoms with van der Waals surface area (Å²) in [7, 11) is 1.68. The molecule has 1 atom stereocenters. The van der Waals surface area contributed by atoms with Crippen LogP contribution in [0.1, 0.15) is 27.1 Å². The molecule has 1 amide bonds. The first-order valence-corrected chi connectivity index (χ1v) is 6.53. The maximum atomic E-state index is 12.1. The molecule has 0 saturated heterocycles. The number of rotatable bonds is 5. The van der Waals surface area contributed by atoms with Crippen molar-refractivity contribution in [3.05, 3.63) is 47.2 Å². The zero-order valence-electron chi connectivity index (χ0n) is 11.6. The van der Waals surface area contributed by atoms with Crippen LogP contribution in [-0.2, 0) is 4.79 Å². The minimum Gasteiger partial charge on any atom is -0.477 e. The number of carboxylic acids is 1. The Labute approximate surface area is 122 Å². The van der Waals surface area contributed by atoms with Crippen molar-refractivity contribution >= 4 is 18.2 Å². The van der Waals surface area contributed by atoms with Crippen molar-refractivity contribution in [2.75, 3.05) is 13.6 Å². The SMILES string of the molecule is CN1C(C(=O)O)=CCC1CNC(=O)c1ccccc1C=O. The highest BCUT2D eigenvalue weighted by Gasteiger charge is 2.27. The van der Waals surface area contributed by atoms with Gasteiger partial charge in [-0.2, -0.15) is 0 Å². The molecule has 1 heterocycles. The van der Waals surface area contributed by atoms with Crippen molar-refractivity contribution in [2.24, 2.45) is 0 Å². The minimum absolute atomic E-state index is 0.0940. The van der Waals surface area contributed by atoms with Gasteiger partial charge in [-0.3, -0.25) is 9.59 Å². The van der Waals surface area contributed by atoms with Gasteiger partial charge >= 0.3 is 5.97 Å². The van der Waals surface area contributed by atoms with E-state index in [4.69, 9.17) is 5.11 Å². The van der Waals surface area contributed by atoms with E-state index < -0.39 is 5.97 Å². The Bertz CT molecular complexity index is 609. The predicted octanol–water partition coefficient (Wildman–Crippen LogP) is 0.901. The van der Waals surface area contributed by atoms with Crippen molar-refractivity contribution in [3.8, 4) is 0 Å². The zero-order chi connectivity index (χ0) is 15.4. The quantitative estimate of drug-likeness (QED) is 0.786. The lowest BCUT2D eigenvalue weighted by atomic mass is 10.1. The molecule has 2 N–H and O–H groups in total. The van der Waals surface area contributed by atoms with Gasteiger partial charge in [0.05, 0.1) is 0 Å². The van der Waals surface area contributed by atoms with Gasteiger partial charge in [-0.1, -0.05) is 24.3 Å².